The van der Waals surface area contributed by atoms with E-state index in [1.807, 2.05) is 0 Å². The van der Waals surface area contributed by atoms with Gasteiger partial charge in [-0.15, -0.1) is 0 Å². The fraction of sp³-hybridized carbons (Fsp3) is 0.875. The number of ether oxygens (including phenoxy) is 1. The lowest BCUT2D eigenvalue weighted by Crippen LogP contribution is -2.39. The zero-order valence-corrected chi connectivity index (χ0v) is 7.38. The van der Waals surface area contributed by atoms with Gasteiger partial charge in [0.2, 0.25) is 6.29 Å². The van der Waals surface area contributed by atoms with Gasteiger partial charge in [0.1, 0.15) is 0 Å². The molecule has 2 aliphatic rings. The summed E-state index contributed by atoms with van der Waals surface area (Å²) in [4.78, 5) is 4.67. The molecule has 14 heavy (non-hydrogen) atoms. The van der Waals surface area contributed by atoms with Crippen molar-refractivity contribution in [2.24, 2.45) is 11.1 Å². The SMILES string of the molecule is FC(F)(F)C1=NOC2OCCCC2C1. The van der Waals surface area contributed by atoms with Crippen molar-refractivity contribution in [3.8, 4) is 0 Å². The molecule has 0 saturated carbocycles. The van der Waals surface area contributed by atoms with Gasteiger partial charge in [-0.3, -0.25) is 0 Å². The summed E-state index contributed by atoms with van der Waals surface area (Å²) in [7, 11) is 0. The van der Waals surface area contributed by atoms with Gasteiger partial charge >= 0.3 is 6.18 Å². The second kappa shape index (κ2) is 3.42. The molecule has 3 nitrogen and oxygen atoms in total. The molecule has 0 aromatic carbocycles. The van der Waals surface area contributed by atoms with Crippen LogP contribution in [0, 0.1) is 5.92 Å². The smallest absolute Gasteiger partial charge is 0.363 e. The largest absolute Gasteiger partial charge is 0.432 e. The summed E-state index contributed by atoms with van der Waals surface area (Å²) in [5.41, 5.74) is -0.829. The van der Waals surface area contributed by atoms with Crippen molar-refractivity contribution >= 4 is 5.71 Å². The van der Waals surface area contributed by atoms with E-state index in [-0.39, 0.29) is 12.3 Å². The van der Waals surface area contributed by atoms with Crippen LogP contribution in [0.2, 0.25) is 0 Å². The summed E-state index contributed by atoms with van der Waals surface area (Å²) >= 11 is 0. The van der Waals surface area contributed by atoms with Crippen molar-refractivity contribution in [3.63, 3.8) is 0 Å². The third kappa shape index (κ3) is 1.84. The molecule has 80 valence electrons. The quantitative estimate of drug-likeness (QED) is 0.611. The minimum Gasteiger partial charge on any atom is -0.363 e. The molecule has 0 aliphatic carbocycles. The lowest BCUT2D eigenvalue weighted by molar-refractivity contribution is -0.203. The highest BCUT2D eigenvalue weighted by molar-refractivity contribution is 5.89. The van der Waals surface area contributed by atoms with Gasteiger partial charge < -0.3 is 9.57 Å². The van der Waals surface area contributed by atoms with Crippen molar-refractivity contribution in [2.75, 3.05) is 6.61 Å². The Balaban J connectivity index is 2.07. The average Bonchev–Trinajstić information content (AvgIpc) is 2.16. The first-order valence-electron chi connectivity index (χ1n) is 4.49. The van der Waals surface area contributed by atoms with Crippen LogP contribution in [-0.2, 0) is 9.57 Å². The third-order valence-corrected chi connectivity index (χ3v) is 2.44. The van der Waals surface area contributed by atoms with Crippen LogP contribution in [0.25, 0.3) is 0 Å². The number of oxime groups is 1. The summed E-state index contributed by atoms with van der Waals surface area (Å²) in [5.74, 6) is -0.196. The first kappa shape index (κ1) is 9.76. The lowest BCUT2D eigenvalue weighted by atomic mass is 9.93. The van der Waals surface area contributed by atoms with Gasteiger partial charge in [0, 0.05) is 12.3 Å². The second-order valence-corrected chi connectivity index (χ2v) is 3.49. The van der Waals surface area contributed by atoms with E-state index < -0.39 is 18.2 Å². The molecule has 0 radical (unpaired) electrons. The van der Waals surface area contributed by atoms with Crippen molar-refractivity contribution < 1.29 is 22.7 Å². The molecule has 0 spiro atoms. The first-order valence-corrected chi connectivity index (χ1v) is 4.49. The van der Waals surface area contributed by atoms with Crippen LogP contribution in [0.4, 0.5) is 13.2 Å². The van der Waals surface area contributed by atoms with Gasteiger partial charge in [0.05, 0.1) is 6.61 Å². The summed E-state index contributed by atoms with van der Waals surface area (Å²) in [6.07, 6.45) is -3.54. The molecule has 2 unspecified atom stereocenters. The Labute approximate surface area is 78.9 Å². The molecular weight excluding hydrogens is 199 g/mol. The number of rotatable bonds is 0. The van der Waals surface area contributed by atoms with E-state index in [4.69, 9.17) is 4.74 Å². The van der Waals surface area contributed by atoms with E-state index in [1.165, 1.54) is 0 Å². The summed E-state index contributed by atoms with van der Waals surface area (Å²) in [6, 6.07) is 0. The molecule has 0 aromatic rings. The fourth-order valence-electron chi connectivity index (χ4n) is 1.70. The summed E-state index contributed by atoms with van der Waals surface area (Å²) in [6.45, 7) is 0.540. The van der Waals surface area contributed by atoms with Gasteiger partial charge in [0.15, 0.2) is 5.71 Å². The van der Waals surface area contributed by atoms with Crippen LogP contribution in [0.15, 0.2) is 5.16 Å². The van der Waals surface area contributed by atoms with Crippen molar-refractivity contribution in [2.45, 2.75) is 31.7 Å². The number of hydrogen-bond donors (Lipinski definition) is 0. The zero-order valence-electron chi connectivity index (χ0n) is 7.38. The maximum atomic E-state index is 12.2. The average molecular weight is 209 g/mol. The highest BCUT2D eigenvalue weighted by Crippen LogP contribution is 2.33. The van der Waals surface area contributed by atoms with Crippen LogP contribution < -0.4 is 0 Å². The Bertz CT molecular complexity index is 251. The molecule has 2 aliphatic heterocycles. The lowest BCUT2D eigenvalue weighted by Gasteiger charge is -2.33. The number of nitrogens with zero attached hydrogens (tertiary/aromatic N) is 1. The minimum atomic E-state index is -4.37. The topological polar surface area (TPSA) is 30.8 Å². The number of alkyl halides is 3. The van der Waals surface area contributed by atoms with E-state index in [0.29, 0.717) is 13.0 Å². The van der Waals surface area contributed by atoms with Gasteiger partial charge in [-0.1, -0.05) is 5.16 Å². The Morgan fingerprint density at radius 2 is 2.14 bits per heavy atom. The van der Waals surface area contributed by atoms with Crippen molar-refractivity contribution in [1.29, 1.82) is 0 Å². The Morgan fingerprint density at radius 1 is 1.36 bits per heavy atom. The predicted octanol–water partition coefficient (Wildman–Crippen LogP) is 2.08. The monoisotopic (exact) mass is 209 g/mol. The van der Waals surface area contributed by atoms with Crippen molar-refractivity contribution in [3.05, 3.63) is 0 Å². The first-order chi connectivity index (χ1) is 6.57. The Kier molecular flexibility index (Phi) is 2.38. The van der Waals surface area contributed by atoms with Crippen LogP contribution in [0.3, 0.4) is 0 Å². The number of halogens is 3. The number of fused-ring (bicyclic) bond motifs is 1. The van der Waals surface area contributed by atoms with Gasteiger partial charge in [-0.2, -0.15) is 13.2 Å². The summed E-state index contributed by atoms with van der Waals surface area (Å²) < 4.78 is 41.9. The molecule has 1 saturated heterocycles. The summed E-state index contributed by atoms with van der Waals surface area (Å²) in [5, 5.41) is 3.05. The highest BCUT2D eigenvalue weighted by Gasteiger charge is 2.43. The van der Waals surface area contributed by atoms with Gasteiger partial charge in [0.25, 0.3) is 0 Å². The Hall–Kier alpha value is -0.780. The Morgan fingerprint density at radius 3 is 2.86 bits per heavy atom. The molecule has 0 bridgehead atoms. The third-order valence-electron chi connectivity index (χ3n) is 2.44. The molecular formula is C8H10F3NO2. The van der Waals surface area contributed by atoms with E-state index in [2.05, 4.69) is 9.99 Å². The predicted molar refractivity (Wildman–Crippen MR) is 41.7 cm³/mol. The fourth-order valence-corrected chi connectivity index (χ4v) is 1.70. The zero-order chi connectivity index (χ0) is 10.2. The highest BCUT2D eigenvalue weighted by atomic mass is 19.4. The minimum absolute atomic E-state index is 0.0891. The molecule has 6 heteroatoms. The van der Waals surface area contributed by atoms with Crippen LogP contribution in [0.5, 0.6) is 0 Å². The molecule has 1 fully saturated rings. The van der Waals surface area contributed by atoms with E-state index in [0.717, 1.165) is 6.42 Å². The molecule has 0 N–H and O–H groups in total. The van der Waals surface area contributed by atoms with Crippen LogP contribution in [-0.4, -0.2) is 24.8 Å². The van der Waals surface area contributed by atoms with Crippen LogP contribution in [0.1, 0.15) is 19.3 Å². The maximum absolute atomic E-state index is 12.2. The molecule has 0 amide bonds. The van der Waals surface area contributed by atoms with E-state index in [9.17, 15) is 13.2 Å². The molecule has 0 aromatic heterocycles. The normalized spacial score (nSPS) is 32.9. The molecule has 2 rings (SSSR count). The van der Waals surface area contributed by atoms with Crippen LogP contribution >= 0.6 is 0 Å². The standard InChI is InChI=1S/C8H10F3NO2/c9-8(10,11)6-4-5-2-1-3-13-7(5)14-12-6/h5,7H,1-4H2. The molecule has 2 heterocycles. The van der Waals surface area contributed by atoms with Gasteiger partial charge in [-0.25, -0.2) is 0 Å². The van der Waals surface area contributed by atoms with E-state index in [1.54, 1.807) is 0 Å². The number of hydrogen-bond acceptors (Lipinski definition) is 3. The van der Waals surface area contributed by atoms with E-state index >= 15 is 0 Å². The second-order valence-electron chi connectivity index (χ2n) is 3.49. The maximum Gasteiger partial charge on any atom is 0.432 e. The molecule has 2 atom stereocenters. The van der Waals surface area contributed by atoms with Crippen molar-refractivity contribution in [1.82, 2.24) is 0 Å². The van der Waals surface area contributed by atoms with Gasteiger partial charge in [-0.05, 0) is 12.8 Å².